The second kappa shape index (κ2) is 27.2. The molecule has 0 aliphatic heterocycles. The van der Waals surface area contributed by atoms with Crippen LogP contribution in [0.25, 0.3) is 55.2 Å². The van der Waals surface area contributed by atoms with Gasteiger partial charge in [-0.25, -0.2) is 14.4 Å². The fraction of sp³-hybridized carbons (Fsp3) is 0.175. The lowest BCUT2D eigenvalue weighted by Crippen LogP contribution is -2.18. The number of aromatic nitrogens is 2. The predicted molar refractivity (Wildman–Crippen MR) is 277 cm³/mol. The zero-order chi connectivity index (χ0) is 54.6. The number of esters is 3. The molecule has 0 radical (unpaired) electrons. The molecule has 8 rings (SSSR count). The third-order valence-corrected chi connectivity index (χ3v) is 11.8. The summed E-state index contributed by atoms with van der Waals surface area (Å²) < 4.78 is 28.7. The molecule has 19 nitrogen and oxygen atoms in total. The van der Waals surface area contributed by atoms with Gasteiger partial charge in [-0.1, -0.05) is 84.9 Å². The first kappa shape index (κ1) is 55.4. The van der Waals surface area contributed by atoms with Gasteiger partial charge in [-0.05, 0) is 98.6 Å². The third-order valence-electron chi connectivity index (χ3n) is 11.8. The number of nitro groups is 1. The summed E-state index contributed by atoms with van der Waals surface area (Å²) in [7, 11) is 3.71. The van der Waals surface area contributed by atoms with E-state index in [9.17, 15) is 48.9 Å². The quantitative estimate of drug-likeness (QED) is 0.00997. The topological polar surface area (TPSA) is 259 Å². The molecule has 0 aliphatic rings. The number of ketones is 1. The second-order valence-corrected chi connectivity index (χ2v) is 16.5. The van der Waals surface area contributed by atoms with E-state index in [4.69, 9.17) is 14.2 Å². The van der Waals surface area contributed by atoms with E-state index < -0.39 is 29.1 Å². The van der Waals surface area contributed by atoms with Gasteiger partial charge in [-0.2, -0.15) is 4.73 Å². The summed E-state index contributed by atoms with van der Waals surface area (Å²) in [5.74, 6) is -2.88. The normalized spacial score (nSPS) is 10.4. The van der Waals surface area contributed by atoms with Crippen molar-refractivity contribution in [3.8, 4) is 33.4 Å². The maximum absolute atomic E-state index is 11.8. The fourth-order valence-electron chi connectivity index (χ4n) is 7.87. The molecule has 0 fully saturated rings. The number of H-pyrrole nitrogens is 1. The SMILES string of the molecule is COC(=O)C(=O)Cc1cc(-c2ccc(CCOC=O)cc2)ccc1[N+](=O)[O-].COC(=O)c1cc2cc(-c3ccc(CCOC=O)cc3)ccc2[nH]1.COC(=O)c1cc2cc(-c3ccc(CCOC=O)cc3)ccc2n1O. The first-order chi connectivity index (χ1) is 36.8. The number of Topliss-reactive ketones (excluding diaryl/α,β-unsaturated/α-hetero) is 1. The Morgan fingerprint density at radius 3 is 1.46 bits per heavy atom. The van der Waals surface area contributed by atoms with Crippen molar-refractivity contribution >= 4 is 70.6 Å². The van der Waals surface area contributed by atoms with Crippen LogP contribution in [0.2, 0.25) is 0 Å². The van der Waals surface area contributed by atoms with Gasteiger partial charge in [0.2, 0.25) is 5.78 Å². The van der Waals surface area contributed by atoms with Crippen molar-refractivity contribution in [3.05, 3.63) is 183 Å². The van der Waals surface area contributed by atoms with Gasteiger partial charge >= 0.3 is 17.9 Å². The molecule has 2 N–H and O–H groups in total. The summed E-state index contributed by atoms with van der Waals surface area (Å²) >= 11 is 0. The van der Waals surface area contributed by atoms with Crippen LogP contribution >= 0.6 is 0 Å². The third kappa shape index (κ3) is 14.6. The van der Waals surface area contributed by atoms with Gasteiger partial charge in [-0.3, -0.25) is 29.3 Å². The molecule has 0 saturated heterocycles. The van der Waals surface area contributed by atoms with Crippen LogP contribution < -0.4 is 0 Å². The van der Waals surface area contributed by atoms with E-state index in [1.165, 1.54) is 26.4 Å². The minimum absolute atomic E-state index is 0.0835. The van der Waals surface area contributed by atoms with E-state index in [0.717, 1.165) is 72.6 Å². The molecule has 0 unspecified atom stereocenters. The minimum atomic E-state index is -1.04. The van der Waals surface area contributed by atoms with Crippen LogP contribution in [-0.2, 0) is 78.1 Å². The zero-order valence-corrected chi connectivity index (χ0v) is 41.4. The minimum Gasteiger partial charge on any atom is -0.468 e. The Morgan fingerprint density at radius 2 is 1.00 bits per heavy atom. The van der Waals surface area contributed by atoms with Gasteiger partial charge in [0.1, 0.15) is 5.69 Å². The van der Waals surface area contributed by atoms with E-state index in [2.05, 4.69) is 19.2 Å². The Morgan fingerprint density at radius 1 is 0.553 bits per heavy atom. The average Bonchev–Trinajstić information content (AvgIpc) is 4.04. The van der Waals surface area contributed by atoms with Gasteiger partial charge < -0.3 is 38.6 Å². The van der Waals surface area contributed by atoms with E-state index in [1.807, 2.05) is 103 Å². The highest BCUT2D eigenvalue weighted by Gasteiger charge is 2.22. The van der Waals surface area contributed by atoms with E-state index in [-0.39, 0.29) is 29.5 Å². The number of aromatic amines is 1. The molecule has 76 heavy (non-hydrogen) atoms. The van der Waals surface area contributed by atoms with Crippen LogP contribution in [0.5, 0.6) is 0 Å². The molecule has 6 aromatic carbocycles. The molecule has 0 saturated carbocycles. The number of nitrogens with one attached hydrogen (secondary N) is 1. The van der Waals surface area contributed by atoms with Gasteiger partial charge in [0.25, 0.3) is 25.1 Å². The molecule has 8 aromatic rings. The molecule has 2 aromatic heterocycles. The monoisotopic (exact) mass is 1030 g/mol. The maximum atomic E-state index is 11.8. The van der Waals surface area contributed by atoms with Crippen LogP contribution in [0.15, 0.2) is 140 Å². The summed E-state index contributed by atoms with van der Waals surface area (Å²) in [6, 6.07) is 42.7. The Bertz CT molecular complexity index is 3340. The largest absolute Gasteiger partial charge is 0.468 e. The van der Waals surface area contributed by atoms with Crippen LogP contribution in [0.3, 0.4) is 0 Å². The van der Waals surface area contributed by atoms with Gasteiger partial charge in [0.05, 0.1) is 51.6 Å². The summed E-state index contributed by atoms with van der Waals surface area (Å²) in [5.41, 5.74) is 10.6. The molecular weight excluding hydrogens is 983 g/mol. The number of nitro benzene ring substituents is 1. The number of benzene rings is 6. The van der Waals surface area contributed by atoms with Gasteiger partial charge in [0.15, 0.2) is 5.69 Å². The highest BCUT2D eigenvalue weighted by atomic mass is 16.6. The number of fused-ring (bicyclic) bond motifs is 2. The number of nitrogens with zero attached hydrogens (tertiary/aromatic N) is 2. The van der Waals surface area contributed by atoms with Crippen molar-refractivity contribution in [2.24, 2.45) is 0 Å². The van der Waals surface area contributed by atoms with Crippen molar-refractivity contribution in [1.82, 2.24) is 9.71 Å². The molecule has 390 valence electrons. The number of rotatable bonds is 21. The highest BCUT2D eigenvalue weighted by molar-refractivity contribution is 6.34. The summed E-state index contributed by atoms with van der Waals surface area (Å²) in [4.78, 5) is 90.5. The lowest BCUT2D eigenvalue weighted by molar-refractivity contribution is -0.385. The standard InChI is InChI=1S/C19H17NO7.C19H17NO5.C19H17NO4/c1-26-19(23)18(22)11-16-10-15(6-7-17(16)20(24)25)14-4-2-13(3-5-14)8-9-27-12-21;1-24-19(22)18-11-16-10-15(6-7-17(16)20(18)23)14-4-2-13(3-5-14)8-9-25-12-21;1-23-19(22)18-11-16-10-15(6-7-17(16)20-18)14-4-2-13(3-5-14)8-9-24-12-21/h2-7,10,12H,8-9,11H2,1H3;2-7,10-12,23H,8-9H2,1H3;2-7,10-12,20H,8-9H2,1H3. The molecule has 0 atom stereocenters. The molecule has 0 aliphatic carbocycles. The molecule has 0 spiro atoms. The highest BCUT2D eigenvalue weighted by Crippen LogP contribution is 2.30. The first-order valence-corrected chi connectivity index (χ1v) is 23.3. The van der Waals surface area contributed by atoms with Gasteiger partial charge in [-0.15, -0.1) is 0 Å². The van der Waals surface area contributed by atoms with Crippen molar-refractivity contribution in [3.63, 3.8) is 0 Å². The van der Waals surface area contributed by atoms with Crippen LogP contribution in [0, 0.1) is 10.1 Å². The number of ether oxygens (including phenoxy) is 6. The Hall–Kier alpha value is -9.91. The summed E-state index contributed by atoms with van der Waals surface area (Å²) in [6.07, 6.45) is 1.50. The lowest BCUT2D eigenvalue weighted by Gasteiger charge is -2.08. The number of methoxy groups -OCH3 is 3. The summed E-state index contributed by atoms with van der Waals surface area (Å²) in [6.45, 7) is 2.31. The Kier molecular flexibility index (Phi) is 19.9. The van der Waals surface area contributed by atoms with Crippen LogP contribution in [0.1, 0.15) is 43.2 Å². The second-order valence-electron chi connectivity index (χ2n) is 16.5. The van der Waals surface area contributed by atoms with Crippen molar-refractivity contribution in [2.75, 3.05) is 41.2 Å². The maximum Gasteiger partial charge on any atom is 0.374 e. The number of carbonyl (C=O) groups excluding carboxylic acids is 7. The first-order valence-electron chi connectivity index (χ1n) is 23.3. The average molecular weight is 1030 g/mol. The summed E-state index contributed by atoms with van der Waals surface area (Å²) in [5, 5.41) is 23.0. The molecule has 2 heterocycles. The van der Waals surface area contributed by atoms with Crippen LogP contribution in [0.4, 0.5) is 5.69 Å². The molecule has 19 heteroatoms. The van der Waals surface area contributed by atoms with E-state index in [1.54, 1.807) is 24.3 Å². The van der Waals surface area contributed by atoms with Crippen molar-refractivity contribution in [1.29, 1.82) is 0 Å². The smallest absolute Gasteiger partial charge is 0.374 e. The van der Waals surface area contributed by atoms with Crippen molar-refractivity contribution in [2.45, 2.75) is 25.7 Å². The Labute approximate surface area is 434 Å². The lowest BCUT2D eigenvalue weighted by atomic mass is 9.98. The van der Waals surface area contributed by atoms with Crippen molar-refractivity contribution < 1.29 is 72.1 Å². The fourth-order valence-corrected chi connectivity index (χ4v) is 7.87. The van der Waals surface area contributed by atoms with E-state index in [0.29, 0.717) is 68.7 Å². The van der Waals surface area contributed by atoms with Gasteiger partial charge in [0, 0.05) is 53.6 Å². The predicted octanol–water partition coefficient (Wildman–Crippen LogP) is 8.65. The number of carbonyl (C=O) groups is 7. The zero-order valence-electron chi connectivity index (χ0n) is 41.4. The van der Waals surface area contributed by atoms with Crippen LogP contribution in [-0.4, -0.2) is 104 Å². The Balaban J connectivity index is 0.000000185. The molecule has 0 bridgehead atoms. The molecule has 0 amide bonds. The molecular formula is C57H51N3O16. The number of hydrogen-bond acceptors (Lipinski definition) is 16. The number of hydrogen-bond donors (Lipinski definition) is 2. The van der Waals surface area contributed by atoms with E-state index >= 15 is 0 Å².